The van der Waals surface area contributed by atoms with E-state index < -0.39 is 0 Å². The summed E-state index contributed by atoms with van der Waals surface area (Å²) in [6.45, 7) is 6.57. The molecule has 0 amide bonds. The van der Waals surface area contributed by atoms with Crippen LogP contribution in [0.2, 0.25) is 5.02 Å². The number of hydrogen-bond acceptors (Lipinski definition) is 4. The lowest BCUT2D eigenvalue weighted by molar-refractivity contribution is 0.880. The number of hydrogen-bond donors (Lipinski definition) is 1. The number of nitrogens with two attached hydrogens (primary N) is 1. The number of thioether (sulfide) groups is 1. The third-order valence-electron chi connectivity index (χ3n) is 3.32. The van der Waals surface area contributed by atoms with E-state index >= 15 is 0 Å². The van der Waals surface area contributed by atoms with Gasteiger partial charge in [0.05, 0.1) is 0 Å². The molecule has 0 aliphatic heterocycles. The number of benzene rings is 1. The third kappa shape index (κ3) is 3.51. The van der Waals surface area contributed by atoms with Gasteiger partial charge in [0.25, 0.3) is 0 Å². The first kappa shape index (κ1) is 15.3. The zero-order valence-electron chi connectivity index (χ0n) is 11.9. The Kier molecular flexibility index (Phi) is 5.02. The highest BCUT2D eigenvalue weighted by Crippen LogP contribution is 2.26. The van der Waals surface area contributed by atoms with Crippen molar-refractivity contribution in [2.24, 2.45) is 5.73 Å². The Morgan fingerprint density at radius 2 is 1.80 bits per heavy atom. The molecule has 0 atom stereocenters. The maximum absolute atomic E-state index is 6.25. The van der Waals surface area contributed by atoms with Gasteiger partial charge in [-0.05, 0) is 43.5 Å². The Hall–Kier alpha value is -1.10. The van der Waals surface area contributed by atoms with Crippen LogP contribution >= 0.6 is 23.4 Å². The summed E-state index contributed by atoms with van der Waals surface area (Å²) in [7, 11) is 0. The van der Waals surface area contributed by atoms with Crippen LogP contribution in [-0.4, -0.2) is 9.97 Å². The second-order valence-corrected chi connectivity index (χ2v) is 6.07. The first-order valence-corrected chi connectivity index (χ1v) is 7.79. The quantitative estimate of drug-likeness (QED) is 0.689. The summed E-state index contributed by atoms with van der Waals surface area (Å²) in [5, 5.41) is 1.55. The van der Waals surface area contributed by atoms with Crippen LogP contribution in [0.3, 0.4) is 0 Å². The van der Waals surface area contributed by atoms with Gasteiger partial charge in [-0.2, -0.15) is 0 Å². The minimum Gasteiger partial charge on any atom is -0.326 e. The second kappa shape index (κ2) is 6.57. The summed E-state index contributed by atoms with van der Waals surface area (Å²) >= 11 is 7.85. The second-order valence-electron chi connectivity index (χ2n) is 4.72. The van der Waals surface area contributed by atoms with Crippen LogP contribution in [0.15, 0.2) is 23.4 Å². The highest BCUT2D eigenvalue weighted by molar-refractivity contribution is 7.98. The fourth-order valence-electron chi connectivity index (χ4n) is 1.78. The lowest BCUT2D eigenvalue weighted by Crippen LogP contribution is -1.99. The average Bonchev–Trinajstić information content (AvgIpc) is 2.43. The Balaban J connectivity index is 2.13. The first-order chi connectivity index (χ1) is 9.51. The molecule has 2 rings (SSSR count). The van der Waals surface area contributed by atoms with Crippen LogP contribution in [0.5, 0.6) is 0 Å². The SMILES string of the molecule is Cc1nc(SCc2ccc(CN)cc2Cl)nc(C)c1C. The van der Waals surface area contributed by atoms with Crippen molar-refractivity contribution in [1.82, 2.24) is 9.97 Å². The first-order valence-electron chi connectivity index (χ1n) is 6.43. The Morgan fingerprint density at radius 1 is 1.15 bits per heavy atom. The molecule has 0 spiro atoms. The molecule has 5 heteroatoms. The van der Waals surface area contributed by atoms with Crippen molar-refractivity contribution in [3.05, 3.63) is 51.3 Å². The molecule has 0 fully saturated rings. The molecular weight excluding hydrogens is 290 g/mol. The highest BCUT2D eigenvalue weighted by Gasteiger charge is 2.07. The summed E-state index contributed by atoms with van der Waals surface area (Å²) < 4.78 is 0. The third-order valence-corrected chi connectivity index (χ3v) is 4.57. The van der Waals surface area contributed by atoms with E-state index in [4.69, 9.17) is 17.3 Å². The topological polar surface area (TPSA) is 51.8 Å². The van der Waals surface area contributed by atoms with Crippen molar-refractivity contribution in [2.45, 2.75) is 38.2 Å². The number of aromatic nitrogens is 2. The van der Waals surface area contributed by atoms with Crippen molar-refractivity contribution in [2.75, 3.05) is 0 Å². The molecule has 2 N–H and O–H groups in total. The summed E-state index contributed by atoms with van der Waals surface area (Å²) in [4.78, 5) is 9.00. The van der Waals surface area contributed by atoms with E-state index in [1.54, 1.807) is 11.8 Å². The van der Waals surface area contributed by atoms with Gasteiger partial charge in [-0.1, -0.05) is 35.5 Å². The summed E-state index contributed by atoms with van der Waals surface area (Å²) in [6.07, 6.45) is 0. The smallest absolute Gasteiger partial charge is 0.188 e. The standard InChI is InChI=1S/C15H18ClN3S/c1-9-10(2)18-15(19-11(9)3)20-8-13-5-4-12(7-17)6-14(13)16/h4-6H,7-8,17H2,1-3H3. The molecule has 0 bridgehead atoms. The van der Waals surface area contributed by atoms with E-state index in [0.717, 1.165) is 44.0 Å². The molecule has 3 nitrogen and oxygen atoms in total. The fourth-order valence-corrected chi connectivity index (χ4v) is 3.07. The van der Waals surface area contributed by atoms with E-state index in [-0.39, 0.29) is 0 Å². The van der Waals surface area contributed by atoms with Gasteiger partial charge in [-0.15, -0.1) is 0 Å². The predicted molar refractivity (Wildman–Crippen MR) is 85.1 cm³/mol. The molecule has 20 heavy (non-hydrogen) atoms. The summed E-state index contributed by atoms with van der Waals surface area (Å²) in [5.74, 6) is 0.756. The van der Waals surface area contributed by atoms with Gasteiger partial charge >= 0.3 is 0 Å². The lowest BCUT2D eigenvalue weighted by Gasteiger charge is -2.08. The van der Waals surface area contributed by atoms with E-state index in [9.17, 15) is 0 Å². The molecule has 0 saturated carbocycles. The normalized spacial score (nSPS) is 10.8. The highest BCUT2D eigenvalue weighted by atomic mass is 35.5. The summed E-state index contributed by atoms with van der Waals surface area (Å²) in [5.41, 5.74) is 10.9. The largest absolute Gasteiger partial charge is 0.326 e. The molecule has 1 aromatic heterocycles. The zero-order valence-corrected chi connectivity index (χ0v) is 13.5. The molecule has 106 valence electrons. The molecule has 0 unspecified atom stereocenters. The van der Waals surface area contributed by atoms with Crippen molar-refractivity contribution in [3.8, 4) is 0 Å². The van der Waals surface area contributed by atoms with E-state index in [1.165, 1.54) is 0 Å². The predicted octanol–water partition coefficient (Wildman–Crippen LogP) is 3.81. The molecule has 2 aromatic rings. The maximum atomic E-state index is 6.25. The van der Waals surface area contributed by atoms with Crippen LogP contribution in [-0.2, 0) is 12.3 Å². The summed E-state index contributed by atoms with van der Waals surface area (Å²) in [6, 6.07) is 5.95. The monoisotopic (exact) mass is 307 g/mol. The number of halogens is 1. The lowest BCUT2D eigenvalue weighted by atomic mass is 10.1. The van der Waals surface area contributed by atoms with E-state index in [1.807, 2.05) is 39.0 Å². The Labute approximate surface area is 129 Å². The molecule has 0 aliphatic rings. The molecule has 1 aromatic carbocycles. The zero-order chi connectivity index (χ0) is 14.7. The van der Waals surface area contributed by atoms with Crippen molar-refractivity contribution >= 4 is 23.4 Å². The Bertz CT molecular complexity index is 606. The van der Waals surface area contributed by atoms with Crippen LogP contribution in [0.1, 0.15) is 28.1 Å². The van der Waals surface area contributed by atoms with Crippen molar-refractivity contribution < 1.29 is 0 Å². The van der Waals surface area contributed by atoms with Crippen LogP contribution in [0, 0.1) is 20.8 Å². The average molecular weight is 308 g/mol. The van der Waals surface area contributed by atoms with Gasteiger partial charge in [0.1, 0.15) is 0 Å². The van der Waals surface area contributed by atoms with Crippen molar-refractivity contribution in [3.63, 3.8) is 0 Å². The van der Waals surface area contributed by atoms with Gasteiger partial charge in [-0.25, -0.2) is 9.97 Å². The van der Waals surface area contributed by atoms with E-state index in [0.29, 0.717) is 6.54 Å². The van der Waals surface area contributed by atoms with E-state index in [2.05, 4.69) is 9.97 Å². The minimum atomic E-state index is 0.507. The van der Waals surface area contributed by atoms with Crippen LogP contribution in [0.4, 0.5) is 0 Å². The number of nitrogens with zero attached hydrogens (tertiary/aromatic N) is 2. The molecule has 0 radical (unpaired) electrons. The van der Waals surface area contributed by atoms with Gasteiger partial charge < -0.3 is 5.73 Å². The molecule has 1 heterocycles. The molecular formula is C15H18ClN3S. The fraction of sp³-hybridized carbons (Fsp3) is 0.333. The molecule has 0 aliphatic carbocycles. The number of rotatable bonds is 4. The maximum Gasteiger partial charge on any atom is 0.188 e. The van der Waals surface area contributed by atoms with Gasteiger partial charge in [0.15, 0.2) is 5.16 Å². The minimum absolute atomic E-state index is 0.507. The molecule has 0 saturated heterocycles. The number of aryl methyl sites for hydroxylation is 2. The van der Waals surface area contributed by atoms with Crippen LogP contribution < -0.4 is 5.73 Å². The van der Waals surface area contributed by atoms with Crippen molar-refractivity contribution in [1.29, 1.82) is 0 Å². The van der Waals surface area contributed by atoms with Crippen LogP contribution in [0.25, 0.3) is 0 Å². The van der Waals surface area contributed by atoms with Gasteiger partial charge in [-0.3, -0.25) is 0 Å². The van der Waals surface area contributed by atoms with Gasteiger partial charge in [0, 0.05) is 28.7 Å². The Morgan fingerprint density at radius 3 is 2.35 bits per heavy atom. The van der Waals surface area contributed by atoms with Gasteiger partial charge in [0.2, 0.25) is 0 Å².